The zero-order valence-electron chi connectivity index (χ0n) is 21.1. The van der Waals surface area contributed by atoms with Crippen molar-refractivity contribution < 1.29 is 23.9 Å². The molecule has 0 bridgehead atoms. The summed E-state index contributed by atoms with van der Waals surface area (Å²) < 4.78 is 18.2. The van der Waals surface area contributed by atoms with Gasteiger partial charge in [0.25, 0.3) is 0 Å². The van der Waals surface area contributed by atoms with Crippen molar-refractivity contribution in [3.8, 4) is 28.6 Å². The lowest BCUT2D eigenvalue weighted by molar-refractivity contribution is 0.0696. The van der Waals surface area contributed by atoms with Crippen molar-refractivity contribution in [2.75, 3.05) is 0 Å². The summed E-state index contributed by atoms with van der Waals surface area (Å²) in [7, 11) is 0. The van der Waals surface area contributed by atoms with Crippen molar-refractivity contribution in [2.45, 2.75) is 58.0 Å². The lowest BCUT2D eigenvalue weighted by Gasteiger charge is -2.23. The molecule has 1 aliphatic heterocycles. The zero-order chi connectivity index (χ0) is 25.7. The molecule has 4 aromatic rings. The molecular formula is C30H28N2O5. The van der Waals surface area contributed by atoms with E-state index in [0.29, 0.717) is 36.3 Å². The van der Waals surface area contributed by atoms with Crippen LogP contribution >= 0.6 is 0 Å². The molecule has 37 heavy (non-hydrogen) atoms. The second-order valence-electron chi connectivity index (χ2n) is 10.5. The number of hydrogen-bond acceptors (Lipinski definition) is 6. The highest BCUT2D eigenvalue weighted by Gasteiger charge is 2.34. The van der Waals surface area contributed by atoms with Gasteiger partial charge in [-0.3, -0.25) is 0 Å². The summed E-state index contributed by atoms with van der Waals surface area (Å²) in [5.41, 5.74) is 5.51. The summed E-state index contributed by atoms with van der Waals surface area (Å²) in [6.07, 6.45) is 2.85. The molecule has 7 nitrogen and oxygen atoms in total. The number of aromatic carboxylic acids is 1. The molecule has 0 amide bonds. The number of pyridine rings is 1. The Bertz CT molecular complexity index is 1520. The Kier molecular flexibility index (Phi) is 5.51. The molecule has 0 spiro atoms. The van der Waals surface area contributed by atoms with Crippen LogP contribution in [0.25, 0.3) is 11.3 Å². The van der Waals surface area contributed by atoms with Gasteiger partial charge < -0.3 is 19.1 Å². The predicted molar refractivity (Wildman–Crippen MR) is 137 cm³/mol. The molecule has 0 saturated heterocycles. The molecule has 0 atom stereocenters. The summed E-state index contributed by atoms with van der Waals surface area (Å²) in [5, 5.41) is 13.8. The molecule has 1 aliphatic carbocycles. The second kappa shape index (κ2) is 8.76. The van der Waals surface area contributed by atoms with Crippen LogP contribution in [0.3, 0.4) is 0 Å². The molecule has 2 aromatic heterocycles. The third-order valence-corrected chi connectivity index (χ3v) is 7.17. The van der Waals surface area contributed by atoms with Crippen LogP contribution in [0.1, 0.15) is 71.1 Å². The minimum absolute atomic E-state index is 0.192. The highest BCUT2D eigenvalue weighted by atomic mass is 16.5. The van der Waals surface area contributed by atoms with E-state index in [9.17, 15) is 9.90 Å². The average molecular weight is 497 g/mol. The number of aryl methyl sites for hydroxylation is 1. The largest absolute Gasteiger partial charge is 0.478 e. The minimum atomic E-state index is -0.985. The van der Waals surface area contributed by atoms with Crippen LogP contribution in [0.15, 0.2) is 59.1 Å². The van der Waals surface area contributed by atoms with Crippen LogP contribution in [0, 0.1) is 6.92 Å². The van der Waals surface area contributed by atoms with Gasteiger partial charge in [-0.05, 0) is 55.5 Å². The van der Waals surface area contributed by atoms with Crippen molar-refractivity contribution in [2.24, 2.45) is 0 Å². The molecule has 1 N–H and O–H groups in total. The van der Waals surface area contributed by atoms with Gasteiger partial charge in [-0.25, -0.2) is 9.78 Å². The van der Waals surface area contributed by atoms with E-state index in [1.54, 1.807) is 18.2 Å². The minimum Gasteiger partial charge on any atom is -0.478 e. The Labute approximate surface area is 215 Å². The van der Waals surface area contributed by atoms with E-state index in [1.807, 2.05) is 24.3 Å². The Morgan fingerprint density at radius 3 is 2.68 bits per heavy atom. The standard InChI is InChI=1S/C30H28N2O5/c1-17-6-4-5-7-21(17)26-22(27(37-32-26)18-8-9-18)16-35-25-13-12-23-28(31-25)30(2,3)15-20-11-10-19(29(33)34)14-24(20)36-23/h4-7,10-14,18H,8-9,15-16H2,1-3H3,(H,33,34). The molecule has 1 saturated carbocycles. The van der Waals surface area contributed by atoms with Gasteiger partial charge >= 0.3 is 5.97 Å². The van der Waals surface area contributed by atoms with Gasteiger partial charge in [-0.15, -0.1) is 0 Å². The van der Waals surface area contributed by atoms with Gasteiger partial charge in [0.15, 0.2) is 0 Å². The summed E-state index contributed by atoms with van der Waals surface area (Å²) >= 11 is 0. The Balaban J connectivity index is 1.31. The molecule has 0 unspecified atom stereocenters. The van der Waals surface area contributed by atoms with Crippen LogP contribution in [-0.2, 0) is 18.4 Å². The molecule has 2 aromatic carbocycles. The van der Waals surface area contributed by atoms with Gasteiger partial charge in [-0.1, -0.05) is 49.3 Å². The molecule has 3 heterocycles. The van der Waals surface area contributed by atoms with Crippen molar-refractivity contribution in [1.29, 1.82) is 0 Å². The van der Waals surface area contributed by atoms with Crippen LogP contribution in [0.4, 0.5) is 0 Å². The number of hydrogen-bond donors (Lipinski definition) is 1. The van der Waals surface area contributed by atoms with Gasteiger partial charge in [0, 0.05) is 23.0 Å². The quantitative estimate of drug-likeness (QED) is 0.313. The molecule has 1 fully saturated rings. The van der Waals surface area contributed by atoms with Crippen LogP contribution in [0.5, 0.6) is 17.4 Å². The normalized spacial score (nSPS) is 15.8. The molecular weight excluding hydrogens is 468 g/mol. The molecule has 2 aliphatic rings. The Morgan fingerprint density at radius 1 is 1.11 bits per heavy atom. The fourth-order valence-electron chi connectivity index (χ4n) is 5.01. The highest BCUT2D eigenvalue weighted by molar-refractivity contribution is 5.88. The smallest absolute Gasteiger partial charge is 0.335 e. The number of benzene rings is 2. The van der Waals surface area contributed by atoms with Crippen LogP contribution in [0.2, 0.25) is 0 Å². The molecule has 188 valence electrons. The molecule has 6 rings (SSSR count). The summed E-state index contributed by atoms with van der Waals surface area (Å²) in [6, 6.07) is 16.8. The first-order chi connectivity index (χ1) is 17.8. The van der Waals surface area contributed by atoms with E-state index in [-0.39, 0.29) is 11.0 Å². The van der Waals surface area contributed by atoms with Gasteiger partial charge in [0.05, 0.1) is 16.8 Å². The number of carboxylic acids is 1. The predicted octanol–water partition coefficient (Wildman–Crippen LogP) is 6.83. The van der Waals surface area contributed by atoms with E-state index in [1.165, 1.54) is 0 Å². The number of nitrogens with zero attached hydrogens (tertiary/aromatic N) is 2. The maximum Gasteiger partial charge on any atom is 0.335 e. The fourth-order valence-corrected chi connectivity index (χ4v) is 5.01. The highest BCUT2D eigenvalue weighted by Crippen LogP contribution is 2.45. The SMILES string of the molecule is Cc1ccccc1-c1noc(C2CC2)c1COc1ccc2c(n1)C(C)(C)Cc1ccc(C(=O)O)cc1O2. The number of fused-ring (bicyclic) bond motifs is 2. The third kappa shape index (κ3) is 4.35. The van der Waals surface area contributed by atoms with Crippen LogP contribution in [-0.4, -0.2) is 21.2 Å². The van der Waals surface area contributed by atoms with Crippen LogP contribution < -0.4 is 9.47 Å². The Hall–Kier alpha value is -4.13. The first-order valence-electron chi connectivity index (χ1n) is 12.5. The summed E-state index contributed by atoms with van der Waals surface area (Å²) in [5.74, 6) is 1.95. The first kappa shape index (κ1) is 23.3. The Morgan fingerprint density at radius 2 is 1.92 bits per heavy atom. The van der Waals surface area contributed by atoms with Gasteiger partial charge in [0.2, 0.25) is 5.88 Å². The summed E-state index contributed by atoms with van der Waals surface area (Å²) in [4.78, 5) is 16.3. The topological polar surface area (TPSA) is 94.7 Å². The number of rotatable bonds is 6. The van der Waals surface area contributed by atoms with Gasteiger partial charge in [0.1, 0.15) is 29.6 Å². The lowest BCUT2D eigenvalue weighted by Crippen LogP contribution is -2.21. The number of aromatic nitrogens is 2. The van der Waals surface area contributed by atoms with E-state index >= 15 is 0 Å². The summed E-state index contributed by atoms with van der Waals surface area (Å²) in [6.45, 7) is 6.58. The van der Waals surface area contributed by atoms with Crippen molar-refractivity contribution in [1.82, 2.24) is 10.1 Å². The number of ether oxygens (including phenoxy) is 2. The third-order valence-electron chi connectivity index (χ3n) is 7.17. The monoisotopic (exact) mass is 496 g/mol. The maximum absolute atomic E-state index is 11.5. The average Bonchev–Trinajstić information content (AvgIpc) is 3.65. The lowest BCUT2D eigenvalue weighted by atomic mass is 9.82. The van der Waals surface area contributed by atoms with E-state index in [4.69, 9.17) is 19.0 Å². The second-order valence-corrected chi connectivity index (χ2v) is 10.5. The first-order valence-corrected chi connectivity index (χ1v) is 12.5. The van der Waals surface area contributed by atoms with E-state index in [2.05, 4.69) is 38.1 Å². The van der Waals surface area contributed by atoms with Crippen molar-refractivity contribution in [3.05, 3.63) is 88.3 Å². The fraction of sp³-hybridized carbons (Fsp3) is 0.300. The zero-order valence-corrected chi connectivity index (χ0v) is 21.1. The van der Waals surface area contributed by atoms with Gasteiger partial charge in [-0.2, -0.15) is 0 Å². The van der Waals surface area contributed by atoms with Crippen molar-refractivity contribution >= 4 is 5.97 Å². The number of carbonyl (C=O) groups is 1. The van der Waals surface area contributed by atoms with E-state index < -0.39 is 5.97 Å². The maximum atomic E-state index is 11.5. The molecule has 0 radical (unpaired) electrons. The molecule has 7 heteroatoms. The number of carboxylic acid groups (broad SMARTS) is 1. The van der Waals surface area contributed by atoms with E-state index in [0.717, 1.165) is 52.2 Å². The van der Waals surface area contributed by atoms with Crippen molar-refractivity contribution in [3.63, 3.8) is 0 Å².